The van der Waals surface area contributed by atoms with Crippen molar-refractivity contribution < 1.29 is 4.42 Å². The quantitative estimate of drug-likeness (QED) is 0.893. The lowest BCUT2D eigenvalue weighted by molar-refractivity contribution is 0.247. The van der Waals surface area contributed by atoms with Gasteiger partial charge in [0.15, 0.2) is 0 Å². The van der Waals surface area contributed by atoms with Crippen LogP contribution >= 0.6 is 0 Å². The van der Waals surface area contributed by atoms with E-state index in [4.69, 9.17) is 4.42 Å². The zero-order valence-corrected chi connectivity index (χ0v) is 10.6. The fourth-order valence-electron chi connectivity index (χ4n) is 2.51. The Morgan fingerprint density at radius 2 is 1.72 bits per heavy atom. The minimum atomic E-state index is 0.792. The molecule has 0 amide bonds. The van der Waals surface area contributed by atoms with E-state index < -0.39 is 0 Å². The lowest BCUT2D eigenvalue weighted by Gasteiger charge is -2.12. The number of benzene rings is 1. The van der Waals surface area contributed by atoms with Crippen molar-refractivity contribution in [3.05, 3.63) is 59.0 Å². The van der Waals surface area contributed by atoms with Gasteiger partial charge in [0.2, 0.25) is 0 Å². The normalized spacial score (nSPS) is 14.9. The third-order valence-corrected chi connectivity index (χ3v) is 3.35. The Morgan fingerprint density at radius 1 is 1.06 bits per heavy atom. The first-order chi connectivity index (χ1) is 8.85. The number of rotatable bonds is 4. The maximum absolute atomic E-state index is 5.78. The molecule has 0 aliphatic carbocycles. The number of fused-ring (bicyclic) bond motifs is 1. The van der Waals surface area contributed by atoms with Crippen LogP contribution in [0.25, 0.3) is 0 Å². The molecule has 18 heavy (non-hydrogen) atoms. The van der Waals surface area contributed by atoms with Crippen LogP contribution in [0.15, 0.2) is 40.8 Å². The van der Waals surface area contributed by atoms with E-state index in [0.717, 1.165) is 37.7 Å². The third kappa shape index (κ3) is 2.33. The molecular weight excluding hydrogens is 224 g/mol. The van der Waals surface area contributed by atoms with Crippen LogP contribution in [-0.4, -0.2) is 11.9 Å². The molecule has 1 aromatic carbocycles. The first-order valence-electron chi connectivity index (χ1n) is 6.36. The summed E-state index contributed by atoms with van der Waals surface area (Å²) in [7, 11) is 1.93. The fourth-order valence-corrected chi connectivity index (χ4v) is 2.51. The zero-order chi connectivity index (χ0) is 12.4. The maximum Gasteiger partial charge on any atom is 0.118 e. The Kier molecular flexibility index (Phi) is 3.17. The van der Waals surface area contributed by atoms with Crippen LogP contribution in [-0.2, 0) is 26.2 Å². The van der Waals surface area contributed by atoms with Crippen LogP contribution in [0.2, 0.25) is 0 Å². The van der Waals surface area contributed by atoms with Crippen LogP contribution in [0.4, 0.5) is 0 Å². The molecule has 1 aromatic heterocycles. The fraction of sp³-hybridized carbons (Fsp3) is 0.333. The summed E-state index contributed by atoms with van der Waals surface area (Å²) in [6, 6.07) is 12.8. The molecule has 0 radical (unpaired) electrons. The summed E-state index contributed by atoms with van der Waals surface area (Å²) in [5.41, 5.74) is 2.89. The largest absolute Gasteiger partial charge is 0.463 e. The number of hydrogen-bond acceptors (Lipinski definition) is 3. The molecule has 1 N–H and O–H groups in total. The van der Waals surface area contributed by atoms with Gasteiger partial charge in [0, 0.05) is 13.1 Å². The van der Waals surface area contributed by atoms with Crippen LogP contribution in [0.1, 0.15) is 22.6 Å². The highest BCUT2D eigenvalue weighted by atomic mass is 16.3. The predicted octanol–water partition coefficient (Wildman–Crippen LogP) is 2.51. The van der Waals surface area contributed by atoms with E-state index in [2.05, 4.69) is 46.6 Å². The summed E-state index contributed by atoms with van der Waals surface area (Å²) in [6.45, 7) is 3.73. The summed E-state index contributed by atoms with van der Waals surface area (Å²) in [5.74, 6) is 2.05. The van der Waals surface area contributed by atoms with E-state index >= 15 is 0 Å². The number of furan rings is 1. The molecule has 0 spiro atoms. The van der Waals surface area contributed by atoms with Gasteiger partial charge in [-0.05, 0) is 30.3 Å². The summed E-state index contributed by atoms with van der Waals surface area (Å²) in [6.07, 6.45) is 0. The van der Waals surface area contributed by atoms with Crippen molar-refractivity contribution >= 4 is 0 Å². The molecule has 0 bridgehead atoms. The Balaban J connectivity index is 1.65. The molecular formula is C15H18N2O. The smallest absolute Gasteiger partial charge is 0.118 e. The molecule has 0 atom stereocenters. The van der Waals surface area contributed by atoms with Crippen molar-refractivity contribution in [3.63, 3.8) is 0 Å². The van der Waals surface area contributed by atoms with E-state index in [1.165, 1.54) is 11.1 Å². The molecule has 1 aliphatic heterocycles. The molecule has 3 rings (SSSR count). The van der Waals surface area contributed by atoms with Gasteiger partial charge in [-0.25, -0.2) is 0 Å². The average Bonchev–Trinajstić information content (AvgIpc) is 2.96. The maximum atomic E-state index is 5.78. The van der Waals surface area contributed by atoms with Crippen LogP contribution < -0.4 is 5.32 Å². The minimum Gasteiger partial charge on any atom is -0.463 e. The molecule has 94 valence electrons. The molecule has 3 nitrogen and oxygen atoms in total. The molecule has 2 heterocycles. The molecule has 2 aromatic rings. The van der Waals surface area contributed by atoms with Crippen LogP contribution in [0.3, 0.4) is 0 Å². The SMILES string of the molecule is CNCc1ccc(CN2Cc3ccccc3C2)o1. The van der Waals surface area contributed by atoms with E-state index in [0.29, 0.717) is 0 Å². The van der Waals surface area contributed by atoms with Gasteiger partial charge in [0.05, 0.1) is 13.1 Å². The zero-order valence-electron chi connectivity index (χ0n) is 10.6. The van der Waals surface area contributed by atoms with Crippen molar-refractivity contribution in [2.75, 3.05) is 7.05 Å². The third-order valence-electron chi connectivity index (χ3n) is 3.35. The molecule has 0 fully saturated rings. The second-order valence-electron chi connectivity index (χ2n) is 4.81. The first-order valence-corrected chi connectivity index (χ1v) is 6.36. The first kappa shape index (κ1) is 11.5. The van der Waals surface area contributed by atoms with Crippen molar-refractivity contribution in [1.82, 2.24) is 10.2 Å². The summed E-state index contributed by atoms with van der Waals surface area (Å²) < 4.78 is 5.78. The Labute approximate surface area is 107 Å². The Hall–Kier alpha value is -1.58. The topological polar surface area (TPSA) is 28.4 Å². The van der Waals surface area contributed by atoms with Gasteiger partial charge in [0.25, 0.3) is 0 Å². The highest BCUT2D eigenvalue weighted by Crippen LogP contribution is 2.24. The van der Waals surface area contributed by atoms with E-state index in [9.17, 15) is 0 Å². The van der Waals surface area contributed by atoms with Gasteiger partial charge in [0.1, 0.15) is 11.5 Å². The van der Waals surface area contributed by atoms with Crippen LogP contribution in [0.5, 0.6) is 0 Å². The molecule has 0 unspecified atom stereocenters. The van der Waals surface area contributed by atoms with Gasteiger partial charge < -0.3 is 9.73 Å². The van der Waals surface area contributed by atoms with Crippen molar-refractivity contribution in [2.45, 2.75) is 26.2 Å². The highest BCUT2D eigenvalue weighted by molar-refractivity contribution is 5.30. The van der Waals surface area contributed by atoms with Crippen molar-refractivity contribution in [1.29, 1.82) is 0 Å². The van der Waals surface area contributed by atoms with Gasteiger partial charge in [-0.3, -0.25) is 4.90 Å². The lowest BCUT2D eigenvalue weighted by Crippen LogP contribution is -2.15. The van der Waals surface area contributed by atoms with E-state index in [1.54, 1.807) is 0 Å². The average molecular weight is 242 g/mol. The molecule has 3 heteroatoms. The number of nitrogens with zero attached hydrogens (tertiary/aromatic N) is 1. The monoisotopic (exact) mass is 242 g/mol. The van der Waals surface area contributed by atoms with Crippen molar-refractivity contribution in [3.8, 4) is 0 Å². The second-order valence-corrected chi connectivity index (χ2v) is 4.81. The van der Waals surface area contributed by atoms with Gasteiger partial charge in [-0.15, -0.1) is 0 Å². The lowest BCUT2D eigenvalue weighted by atomic mass is 10.1. The van der Waals surface area contributed by atoms with E-state index in [1.807, 2.05) is 7.05 Å². The van der Waals surface area contributed by atoms with Crippen LogP contribution in [0, 0.1) is 0 Å². The number of nitrogens with one attached hydrogen (secondary N) is 1. The summed E-state index contributed by atoms with van der Waals surface area (Å²) in [4.78, 5) is 2.41. The minimum absolute atomic E-state index is 0.792. The van der Waals surface area contributed by atoms with Gasteiger partial charge >= 0.3 is 0 Å². The van der Waals surface area contributed by atoms with Crippen molar-refractivity contribution in [2.24, 2.45) is 0 Å². The van der Waals surface area contributed by atoms with Gasteiger partial charge in [-0.1, -0.05) is 24.3 Å². The highest BCUT2D eigenvalue weighted by Gasteiger charge is 2.19. The summed E-state index contributed by atoms with van der Waals surface area (Å²) in [5, 5.41) is 3.10. The second kappa shape index (κ2) is 4.96. The standard InChI is InChI=1S/C15H18N2O/c1-16-8-14-6-7-15(18-14)11-17-9-12-4-2-3-5-13(12)10-17/h2-7,16H,8-11H2,1H3. The molecule has 0 saturated carbocycles. The summed E-state index contributed by atoms with van der Waals surface area (Å²) >= 11 is 0. The number of hydrogen-bond donors (Lipinski definition) is 1. The van der Waals surface area contributed by atoms with E-state index in [-0.39, 0.29) is 0 Å². The Bertz CT molecular complexity index is 508. The molecule has 0 saturated heterocycles. The Morgan fingerprint density at radius 3 is 2.39 bits per heavy atom. The van der Waals surface area contributed by atoms with Gasteiger partial charge in [-0.2, -0.15) is 0 Å². The predicted molar refractivity (Wildman–Crippen MR) is 70.9 cm³/mol. The molecule has 1 aliphatic rings.